The third-order valence-electron chi connectivity index (χ3n) is 13.4. The van der Waals surface area contributed by atoms with Gasteiger partial charge in [-0.2, -0.15) is 9.97 Å². The second-order valence-electron chi connectivity index (χ2n) is 17.5. The molecule has 0 aliphatic heterocycles. The molecule has 15 rings (SSSR count). The van der Waals surface area contributed by atoms with Gasteiger partial charge in [0.15, 0.2) is 28.9 Å². The molecule has 0 amide bonds. The summed E-state index contributed by atoms with van der Waals surface area (Å²) in [7, 11) is 0. The number of imidazole rings is 2. The highest BCUT2D eigenvalue weighted by atomic mass is 16.4. The molecular formula is C62H42N8O2. The molecule has 342 valence electrons. The molecule has 10 nitrogen and oxygen atoms in total. The maximum absolute atomic E-state index is 6.33. The zero-order valence-corrected chi connectivity index (χ0v) is 38.6. The molecule has 0 saturated carbocycles. The van der Waals surface area contributed by atoms with Crippen LogP contribution in [0.4, 0.5) is 34.4 Å². The Hall–Kier alpha value is -10.1. The Morgan fingerprint density at radius 3 is 1.12 bits per heavy atom. The lowest BCUT2D eigenvalue weighted by Gasteiger charge is -2.25. The van der Waals surface area contributed by atoms with E-state index in [1.54, 1.807) is 6.26 Å². The molecule has 0 saturated heterocycles. The van der Waals surface area contributed by atoms with Crippen molar-refractivity contribution in [3.05, 3.63) is 255 Å². The van der Waals surface area contributed by atoms with E-state index in [4.69, 9.17) is 18.8 Å². The van der Waals surface area contributed by atoms with Gasteiger partial charge in [-0.1, -0.05) is 158 Å². The first-order valence-corrected chi connectivity index (χ1v) is 23.9. The van der Waals surface area contributed by atoms with Crippen molar-refractivity contribution in [1.29, 1.82) is 0 Å². The van der Waals surface area contributed by atoms with E-state index < -0.39 is 0 Å². The highest BCUT2D eigenvalue weighted by molar-refractivity contribution is 6.11. The Bertz CT molecular complexity index is 4230. The van der Waals surface area contributed by atoms with Crippen molar-refractivity contribution < 1.29 is 8.83 Å². The van der Waals surface area contributed by atoms with Gasteiger partial charge in [-0.3, -0.25) is 18.9 Å². The zero-order valence-electron chi connectivity index (χ0n) is 38.6. The van der Waals surface area contributed by atoms with Crippen LogP contribution in [0.2, 0.25) is 0 Å². The number of aromatic nitrogens is 6. The predicted molar refractivity (Wildman–Crippen MR) is 290 cm³/mol. The average Bonchev–Trinajstić information content (AvgIpc) is 4.31. The number of rotatable bonds is 8. The molecule has 15 aromatic rings. The molecule has 0 bridgehead atoms. The van der Waals surface area contributed by atoms with Crippen molar-refractivity contribution in [3.63, 3.8) is 0 Å². The van der Waals surface area contributed by atoms with Gasteiger partial charge in [0, 0.05) is 44.3 Å². The van der Waals surface area contributed by atoms with Crippen LogP contribution in [0, 0.1) is 0 Å². The summed E-state index contributed by atoms with van der Waals surface area (Å²) < 4.78 is 20.8. The lowest BCUT2D eigenvalue weighted by atomic mass is 10.2. The predicted octanol–water partition coefficient (Wildman–Crippen LogP) is 16.1. The van der Waals surface area contributed by atoms with E-state index in [0.717, 1.165) is 79.2 Å². The van der Waals surface area contributed by atoms with E-state index >= 15 is 0 Å². The van der Waals surface area contributed by atoms with Gasteiger partial charge in [-0.05, 0) is 84.9 Å². The van der Waals surface area contributed by atoms with Gasteiger partial charge in [0.25, 0.3) is 0 Å². The number of fused-ring (bicyclic) bond motifs is 10. The smallest absolute Gasteiger partial charge is 0.310 e. The molecule has 0 fully saturated rings. The summed E-state index contributed by atoms with van der Waals surface area (Å²) in [5.74, 6) is 4.53. The van der Waals surface area contributed by atoms with Gasteiger partial charge in [-0.15, -0.1) is 0 Å². The summed E-state index contributed by atoms with van der Waals surface area (Å²) in [6.07, 6.45) is 3.60. The molecule has 6 heterocycles. The summed E-state index contributed by atoms with van der Waals surface area (Å²) in [6, 6.07) is 83.7. The number of hydrogen-bond acceptors (Lipinski definition) is 6. The van der Waals surface area contributed by atoms with E-state index in [9.17, 15) is 0 Å². The fraction of sp³-hybridized carbons (Fsp3) is 0. The van der Waals surface area contributed by atoms with Crippen molar-refractivity contribution in [2.75, 3.05) is 9.80 Å². The summed E-state index contributed by atoms with van der Waals surface area (Å²) >= 11 is 0. The van der Waals surface area contributed by atoms with Crippen molar-refractivity contribution in [1.82, 2.24) is 27.9 Å². The first kappa shape index (κ1) is 41.0. The van der Waals surface area contributed by atoms with E-state index in [0.29, 0.717) is 11.7 Å². The van der Waals surface area contributed by atoms with E-state index in [2.05, 4.69) is 224 Å². The van der Waals surface area contributed by atoms with Gasteiger partial charge < -0.3 is 8.83 Å². The molecule has 0 aliphatic carbocycles. The molecule has 9 aromatic carbocycles. The van der Waals surface area contributed by atoms with Crippen molar-refractivity contribution in [3.8, 4) is 11.6 Å². The minimum atomic E-state index is 0.545. The van der Waals surface area contributed by atoms with Gasteiger partial charge in [0.1, 0.15) is 6.26 Å². The Morgan fingerprint density at radius 2 is 0.681 bits per heavy atom. The maximum Gasteiger partial charge on any atom is 0.310 e. The molecule has 0 N–H and O–H groups in total. The molecular weight excluding hydrogens is 889 g/mol. The quantitative estimate of drug-likeness (QED) is 0.151. The normalized spacial score (nSPS) is 11.6. The first-order chi connectivity index (χ1) is 35.8. The second kappa shape index (κ2) is 16.9. The Kier molecular flexibility index (Phi) is 9.59. The summed E-state index contributed by atoms with van der Waals surface area (Å²) in [4.78, 5) is 14.7. The highest BCUT2D eigenvalue weighted by Crippen LogP contribution is 2.45. The Morgan fingerprint density at radius 1 is 0.333 bits per heavy atom. The molecule has 0 atom stereocenters. The Labute approximate surface area is 412 Å². The number of anilines is 6. The van der Waals surface area contributed by atoms with Crippen LogP contribution in [-0.4, -0.2) is 27.9 Å². The third kappa shape index (κ3) is 6.50. The molecule has 10 heteroatoms. The molecule has 0 aliphatic rings. The Balaban J connectivity index is 0.000000135. The van der Waals surface area contributed by atoms with Crippen LogP contribution in [0.5, 0.6) is 0 Å². The zero-order chi connectivity index (χ0) is 47.5. The summed E-state index contributed by atoms with van der Waals surface area (Å²) in [5.41, 5.74) is 10.3. The van der Waals surface area contributed by atoms with E-state index in [1.807, 2.05) is 53.1 Å². The topological polar surface area (TPSA) is 77.2 Å². The SMILES string of the molecule is c1ccc(N(c2ccccc2)c2c(-n3c4ccccc4c4ccccc43)nc3oc4ccccc4n23)cc1.c1ccc(N(c2ccccc2)c2c(-n3c4ccccc4c4ccccc43)nc3occn23)cc1. The van der Waals surface area contributed by atoms with Gasteiger partial charge in [0.2, 0.25) is 0 Å². The standard InChI is InChI=1S/C33H22N4O.C29H20N4O/c1-3-13-23(14-4-1)35(24-15-5-2-6-16-24)32-31(34-33-37(32)29-21-11-12-22-30(29)38-33)36-27-19-9-7-17-25(27)26-18-8-10-20-28(26)36;1-3-11-21(12-4-1)32(22-13-5-2-6-14-22)28-27(30-29-31(28)19-20-34-29)33-25-17-9-7-15-23(25)24-16-8-10-18-26(24)33/h1-22H;1-20H. The van der Waals surface area contributed by atoms with Crippen molar-refractivity contribution in [2.24, 2.45) is 0 Å². The van der Waals surface area contributed by atoms with Crippen LogP contribution < -0.4 is 9.80 Å². The second-order valence-corrected chi connectivity index (χ2v) is 17.5. The molecule has 72 heavy (non-hydrogen) atoms. The average molecular weight is 931 g/mol. The lowest BCUT2D eigenvalue weighted by Crippen LogP contribution is -2.14. The van der Waals surface area contributed by atoms with Crippen molar-refractivity contribution >= 4 is 101 Å². The minimum absolute atomic E-state index is 0.545. The van der Waals surface area contributed by atoms with Crippen LogP contribution in [-0.2, 0) is 0 Å². The maximum atomic E-state index is 6.33. The first-order valence-electron chi connectivity index (χ1n) is 23.9. The van der Waals surface area contributed by atoms with Crippen LogP contribution >= 0.6 is 0 Å². The third-order valence-corrected chi connectivity index (χ3v) is 13.4. The van der Waals surface area contributed by atoms with Gasteiger partial charge >= 0.3 is 11.7 Å². The fourth-order valence-electron chi connectivity index (χ4n) is 10.4. The lowest BCUT2D eigenvalue weighted by molar-refractivity contribution is 0.595. The van der Waals surface area contributed by atoms with E-state index in [-0.39, 0.29) is 0 Å². The van der Waals surface area contributed by atoms with E-state index in [1.165, 1.54) is 21.5 Å². The molecule has 6 aromatic heterocycles. The fourth-order valence-corrected chi connectivity index (χ4v) is 10.4. The number of benzene rings is 9. The molecule has 0 unspecified atom stereocenters. The van der Waals surface area contributed by atoms with Crippen LogP contribution in [0.15, 0.2) is 264 Å². The minimum Gasteiger partial charge on any atom is -0.432 e. The van der Waals surface area contributed by atoms with Crippen LogP contribution in [0.1, 0.15) is 0 Å². The van der Waals surface area contributed by atoms with Crippen LogP contribution in [0.3, 0.4) is 0 Å². The monoisotopic (exact) mass is 930 g/mol. The summed E-state index contributed by atoms with van der Waals surface area (Å²) in [5, 5.41) is 4.77. The summed E-state index contributed by atoms with van der Waals surface area (Å²) in [6.45, 7) is 0. The largest absolute Gasteiger partial charge is 0.432 e. The molecule has 0 radical (unpaired) electrons. The van der Waals surface area contributed by atoms with Gasteiger partial charge in [-0.25, -0.2) is 8.80 Å². The van der Waals surface area contributed by atoms with Gasteiger partial charge in [0.05, 0.1) is 33.8 Å². The number of oxazole rings is 2. The van der Waals surface area contributed by atoms with Crippen LogP contribution in [0.25, 0.3) is 78.0 Å². The van der Waals surface area contributed by atoms with Crippen molar-refractivity contribution in [2.45, 2.75) is 0 Å². The number of para-hydroxylation sites is 10. The highest BCUT2D eigenvalue weighted by Gasteiger charge is 2.30. The number of nitrogens with zero attached hydrogens (tertiary/aromatic N) is 8. The number of hydrogen-bond donors (Lipinski definition) is 0. The molecule has 0 spiro atoms.